The third kappa shape index (κ3) is 4.13. The van der Waals surface area contributed by atoms with Crippen molar-refractivity contribution in [3.05, 3.63) is 57.1 Å². The van der Waals surface area contributed by atoms with Gasteiger partial charge in [0.25, 0.3) is 0 Å². The maximum atomic E-state index is 11.0. The second-order valence-electron chi connectivity index (χ2n) is 4.89. The molecule has 2 aromatic rings. The Hall–Kier alpha value is -1.75. The summed E-state index contributed by atoms with van der Waals surface area (Å²) in [5.41, 5.74) is 3.94. The van der Waals surface area contributed by atoms with Gasteiger partial charge < -0.3 is 15.9 Å². The zero-order chi connectivity index (χ0) is 15.6. The molecule has 0 radical (unpaired) electrons. The van der Waals surface area contributed by atoms with Crippen LogP contribution in [0.5, 0.6) is 0 Å². The van der Waals surface area contributed by atoms with Crippen LogP contribution >= 0.6 is 23.2 Å². The molecule has 22 heavy (non-hydrogen) atoms. The summed E-state index contributed by atoms with van der Waals surface area (Å²) in [6.07, 6.45) is -0.0474. The molecular formula is C16H17Cl2NO3. The van der Waals surface area contributed by atoms with Crippen molar-refractivity contribution < 1.29 is 15.4 Å². The minimum Gasteiger partial charge on any atom is -0.481 e. The van der Waals surface area contributed by atoms with Crippen molar-refractivity contribution in [1.29, 1.82) is 0 Å². The van der Waals surface area contributed by atoms with Crippen LogP contribution in [0.25, 0.3) is 0 Å². The number of anilines is 2. The summed E-state index contributed by atoms with van der Waals surface area (Å²) in [4.78, 5) is 11.0. The number of aryl methyl sites for hydroxylation is 1. The standard InChI is InChI=1S/C16H15Cl2NO2.H2O/c1-9-3-5-13(11(7-9)8-15(20)21)19-14-6-4-12(17)10(2)16(14)18;/h3-7,19H,8H2,1-2H3,(H,20,21);1H2. The molecule has 6 heteroatoms. The number of rotatable bonds is 4. The van der Waals surface area contributed by atoms with Crippen molar-refractivity contribution in [2.45, 2.75) is 20.3 Å². The van der Waals surface area contributed by atoms with E-state index in [-0.39, 0.29) is 11.9 Å². The monoisotopic (exact) mass is 341 g/mol. The van der Waals surface area contributed by atoms with Gasteiger partial charge in [-0.25, -0.2) is 0 Å². The molecule has 0 saturated heterocycles. The summed E-state index contributed by atoms with van der Waals surface area (Å²) in [5, 5.41) is 13.3. The number of nitrogens with one attached hydrogen (secondary N) is 1. The van der Waals surface area contributed by atoms with E-state index in [1.165, 1.54) is 0 Å². The van der Waals surface area contributed by atoms with Gasteiger partial charge in [-0.05, 0) is 43.2 Å². The molecular weight excluding hydrogens is 325 g/mol. The first-order valence-corrected chi connectivity index (χ1v) is 7.17. The molecule has 118 valence electrons. The second-order valence-corrected chi connectivity index (χ2v) is 5.68. The van der Waals surface area contributed by atoms with Crippen molar-refractivity contribution in [2.24, 2.45) is 0 Å². The highest BCUT2D eigenvalue weighted by Gasteiger charge is 2.11. The zero-order valence-corrected chi connectivity index (χ0v) is 13.7. The highest BCUT2D eigenvalue weighted by atomic mass is 35.5. The van der Waals surface area contributed by atoms with Gasteiger partial charge in [0.15, 0.2) is 0 Å². The first-order chi connectivity index (χ1) is 9.88. The summed E-state index contributed by atoms with van der Waals surface area (Å²) >= 11 is 12.3. The molecule has 0 aromatic heterocycles. The van der Waals surface area contributed by atoms with Crippen molar-refractivity contribution in [2.75, 3.05) is 5.32 Å². The van der Waals surface area contributed by atoms with Crippen molar-refractivity contribution in [3.63, 3.8) is 0 Å². The van der Waals surface area contributed by atoms with Crippen LogP contribution in [0.3, 0.4) is 0 Å². The Kier molecular flexibility index (Phi) is 6.23. The lowest BCUT2D eigenvalue weighted by Crippen LogP contribution is -2.04. The Balaban J connectivity index is 0.00000242. The van der Waals surface area contributed by atoms with E-state index < -0.39 is 5.97 Å². The normalized spacial score (nSPS) is 10.0. The predicted octanol–water partition coefficient (Wildman–Crippen LogP) is 4.16. The number of carboxylic acid groups (broad SMARTS) is 1. The number of hydrogen-bond acceptors (Lipinski definition) is 2. The van der Waals surface area contributed by atoms with E-state index in [0.717, 1.165) is 16.8 Å². The molecule has 0 aliphatic rings. The van der Waals surface area contributed by atoms with E-state index in [9.17, 15) is 4.79 Å². The van der Waals surface area contributed by atoms with Gasteiger partial charge in [0.2, 0.25) is 0 Å². The molecule has 0 saturated carbocycles. The van der Waals surface area contributed by atoms with E-state index in [1.807, 2.05) is 32.0 Å². The van der Waals surface area contributed by atoms with E-state index in [2.05, 4.69) is 5.32 Å². The molecule has 0 heterocycles. The minimum absolute atomic E-state index is 0. The summed E-state index contributed by atoms with van der Waals surface area (Å²) in [5.74, 6) is -0.873. The van der Waals surface area contributed by atoms with Crippen LogP contribution in [0.2, 0.25) is 10.0 Å². The lowest BCUT2D eigenvalue weighted by Gasteiger charge is -2.14. The maximum absolute atomic E-state index is 11.0. The largest absolute Gasteiger partial charge is 0.481 e. The van der Waals surface area contributed by atoms with Crippen LogP contribution in [-0.2, 0) is 11.2 Å². The zero-order valence-electron chi connectivity index (χ0n) is 12.2. The van der Waals surface area contributed by atoms with Gasteiger partial charge in [0.1, 0.15) is 0 Å². The van der Waals surface area contributed by atoms with E-state index in [1.54, 1.807) is 12.1 Å². The van der Waals surface area contributed by atoms with Crippen molar-refractivity contribution in [1.82, 2.24) is 0 Å². The Morgan fingerprint density at radius 2 is 1.77 bits per heavy atom. The first-order valence-electron chi connectivity index (χ1n) is 6.41. The third-order valence-electron chi connectivity index (χ3n) is 3.19. The van der Waals surface area contributed by atoms with Crippen LogP contribution in [0.4, 0.5) is 11.4 Å². The smallest absolute Gasteiger partial charge is 0.307 e. The average Bonchev–Trinajstić information content (AvgIpc) is 2.41. The summed E-state index contributed by atoms with van der Waals surface area (Å²) < 4.78 is 0. The maximum Gasteiger partial charge on any atom is 0.307 e. The number of halogens is 2. The molecule has 4 N–H and O–H groups in total. The average molecular weight is 342 g/mol. The van der Waals surface area contributed by atoms with Crippen molar-refractivity contribution >= 4 is 40.5 Å². The highest BCUT2D eigenvalue weighted by Crippen LogP contribution is 2.33. The Morgan fingerprint density at radius 1 is 1.14 bits per heavy atom. The lowest BCUT2D eigenvalue weighted by atomic mass is 10.1. The molecule has 2 rings (SSSR count). The minimum atomic E-state index is -0.873. The predicted molar refractivity (Wildman–Crippen MR) is 90.6 cm³/mol. The van der Waals surface area contributed by atoms with E-state index in [4.69, 9.17) is 28.3 Å². The van der Waals surface area contributed by atoms with Crippen LogP contribution in [0.1, 0.15) is 16.7 Å². The molecule has 0 aliphatic heterocycles. The van der Waals surface area contributed by atoms with Crippen LogP contribution in [0, 0.1) is 13.8 Å². The summed E-state index contributed by atoms with van der Waals surface area (Å²) in [7, 11) is 0. The molecule has 0 unspecified atom stereocenters. The van der Waals surface area contributed by atoms with Gasteiger partial charge in [0.05, 0.1) is 17.1 Å². The first kappa shape index (κ1) is 18.3. The van der Waals surface area contributed by atoms with Crippen LogP contribution in [-0.4, -0.2) is 16.6 Å². The quantitative estimate of drug-likeness (QED) is 0.875. The molecule has 0 atom stereocenters. The second kappa shape index (κ2) is 7.49. The van der Waals surface area contributed by atoms with Gasteiger partial charge in [-0.15, -0.1) is 0 Å². The SMILES string of the molecule is Cc1ccc(Nc2ccc(Cl)c(C)c2Cl)c(CC(=O)O)c1.O. The summed E-state index contributed by atoms with van der Waals surface area (Å²) in [6.45, 7) is 3.76. The fourth-order valence-corrected chi connectivity index (χ4v) is 2.47. The Morgan fingerprint density at radius 3 is 2.41 bits per heavy atom. The topological polar surface area (TPSA) is 80.8 Å². The van der Waals surface area contributed by atoms with Crippen LogP contribution in [0.15, 0.2) is 30.3 Å². The summed E-state index contributed by atoms with van der Waals surface area (Å²) in [6, 6.07) is 9.17. The van der Waals surface area contributed by atoms with Gasteiger partial charge in [-0.2, -0.15) is 0 Å². The molecule has 0 bridgehead atoms. The Labute approximate surface area is 139 Å². The fraction of sp³-hybridized carbons (Fsp3) is 0.188. The fourth-order valence-electron chi connectivity index (χ4n) is 2.06. The van der Waals surface area contributed by atoms with Gasteiger partial charge in [-0.3, -0.25) is 4.79 Å². The number of carbonyl (C=O) groups is 1. The van der Waals surface area contributed by atoms with Gasteiger partial charge in [0, 0.05) is 10.7 Å². The molecule has 0 aliphatic carbocycles. The molecule has 0 amide bonds. The molecule has 2 aromatic carbocycles. The number of hydrogen-bond donors (Lipinski definition) is 2. The Bertz CT molecular complexity index is 702. The van der Waals surface area contributed by atoms with Crippen molar-refractivity contribution in [3.8, 4) is 0 Å². The molecule has 0 spiro atoms. The number of carboxylic acids is 1. The number of benzene rings is 2. The van der Waals surface area contributed by atoms with E-state index in [0.29, 0.717) is 21.3 Å². The number of aliphatic carboxylic acids is 1. The third-order valence-corrected chi connectivity index (χ3v) is 4.09. The highest BCUT2D eigenvalue weighted by molar-refractivity contribution is 6.37. The van der Waals surface area contributed by atoms with Gasteiger partial charge >= 0.3 is 5.97 Å². The lowest BCUT2D eigenvalue weighted by molar-refractivity contribution is -0.136. The van der Waals surface area contributed by atoms with Crippen LogP contribution < -0.4 is 5.32 Å². The van der Waals surface area contributed by atoms with Gasteiger partial charge in [-0.1, -0.05) is 40.9 Å². The molecule has 4 nitrogen and oxygen atoms in total. The van der Waals surface area contributed by atoms with E-state index >= 15 is 0 Å². The molecule has 0 fully saturated rings.